The van der Waals surface area contributed by atoms with Gasteiger partial charge in [-0.25, -0.2) is 0 Å². The Hall–Kier alpha value is -3.07. The monoisotopic (exact) mass is 449 g/mol. The van der Waals surface area contributed by atoms with Crippen LogP contribution in [0.3, 0.4) is 0 Å². The topological polar surface area (TPSA) is 70.6 Å². The largest absolute Gasteiger partial charge is 0.497 e. The number of benzene rings is 2. The number of rotatable bonds is 8. The van der Waals surface area contributed by atoms with Gasteiger partial charge in [0.15, 0.2) is 0 Å². The summed E-state index contributed by atoms with van der Waals surface area (Å²) in [5, 5.41) is 12.4. The van der Waals surface area contributed by atoms with Gasteiger partial charge in [-0.3, -0.25) is 14.6 Å². The molecular formula is C24H27N5O2S. The zero-order valence-corrected chi connectivity index (χ0v) is 18.9. The molecular weight excluding hydrogens is 422 g/mol. The number of hydrogen-bond acceptors (Lipinski definition) is 7. The predicted molar refractivity (Wildman–Crippen MR) is 128 cm³/mol. The van der Waals surface area contributed by atoms with Gasteiger partial charge in [-0.1, -0.05) is 53.8 Å². The molecule has 2 aromatic carbocycles. The van der Waals surface area contributed by atoms with Crippen molar-refractivity contribution in [1.82, 2.24) is 20.0 Å². The summed E-state index contributed by atoms with van der Waals surface area (Å²) in [4.78, 5) is 17.3. The Kier molecular flexibility index (Phi) is 7.60. The molecule has 8 heteroatoms. The lowest BCUT2D eigenvalue weighted by Crippen LogP contribution is -2.45. The highest BCUT2D eigenvalue weighted by atomic mass is 32.1. The maximum Gasteiger partial charge on any atom is 0.286 e. The van der Waals surface area contributed by atoms with Gasteiger partial charge >= 0.3 is 0 Å². The molecule has 1 saturated heterocycles. The van der Waals surface area contributed by atoms with Crippen LogP contribution in [0.1, 0.15) is 20.4 Å². The standard InChI is InChI=1S/C24H27N5O2S/c1-31-21-11-9-20(10-12-21)25-23(30)24-27-26-22(32-24)18-29-16-14-28(15-17-29)13-5-8-19-6-3-2-4-7-19/h2-12H,13-18H2,1H3,(H,25,30)/b8-5+. The van der Waals surface area contributed by atoms with Crippen molar-refractivity contribution in [2.75, 3.05) is 45.2 Å². The van der Waals surface area contributed by atoms with Crippen LogP contribution in [0, 0.1) is 0 Å². The number of ether oxygens (including phenoxy) is 1. The van der Waals surface area contributed by atoms with E-state index in [1.165, 1.54) is 16.9 Å². The van der Waals surface area contributed by atoms with Crippen molar-refractivity contribution in [3.05, 3.63) is 76.3 Å². The number of piperazine rings is 1. The lowest BCUT2D eigenvalue weighted by molar-refractivity contribution is 0.102. The fourth-order valence-corrected chi connectivity index (χ4v) is 4.27. The summed E-state index contributed by atoms with van der Waals surface area (Å²) in [6, 6.07) is 17.6. The smallest absolute Gasteiger partial charge is 0.286 e. The Bertz CT molecular complexity index is 1030. The van der Waals surface area contributed by atoms with Crippen LogP contribution < -0.4 is 10.1 Å². The third kappa shape index (κ3) is 6.23. The molecule has 0 spiro atoms. The Morgan fingerprint density at radius 3 is 2.47 bits per heavy atom. The number of methoxy groups -OCH3 is 1. The average molecular weight is 450 g/mol. The number of aromatic nitrogens is 2. The highest BCUT2D eigenvalue weighted by Crippen LogP contribution is 2.18. The molecule has 1 fully saturated rings. The summed E-state index contributed by atoms with van der Waals surface area (Å²) in [6.45, 7) is 5.67. The fraction of sp³-hybridized carbons (Fsp3) is 0.292. The number of amides is 1. The summed E-state index contributed by atoms with van der Waals surface area (Å²) in [6.07, 6.45) is 4.40. The van der Waals surface area contributed by atoms with Crippen LogP contribution in [0.2, 0.25) is 0 Å². The van der Waals surface area contributed by atoms with Crippen molar-refractivity contribution in [3.63, 3.8) is 0 Å². The van der Waals surface area contributed by atoms with Crippen molar-refractivity contribution in [1.29, 1.82) is 0 Å². The molecule has 0 radical (unpaired) electrons. The average Bonchev–Trinajstić information content (AvgIpc) is 3.30. The molecule has 1 amide bonds. The molecule has 0 bridgehead atoms. The number of nitrogens with zero attached hydrogens (tertiary/aromatic N) is 4. The van der Waals surface area contributed by atoms with Crippen LogP contribution in [0.15, 0.2) is 60.7 Å². The Morgan fingerprint density at radius 2 is 1.75 bits per heavy atom. The van der Waals surface area contributed by atoms with Gasteiger partial charge in [0.25, 0.3) is 5.91 Å². The van der Waals surface area contributed by atoms with Gasteiger partial charge in [-0.2, -0.15) is 0 Å². The maximum atomic E-state index is 12.5. The van der Waals surface area contributed by atoms with E-state index in [-0.39, 0.29) is 5.91 Å². The molecule has 7 nitrogen and oxygen atoms in total. The van der Waals surface area contributed by atoms with Crippen LogP contribution >= 0.6 is 11.3 Å². The van der Waals surface area contributed by atoms with Gasteiger partial charge in [-0.15, -0.1) is 10.2 Å². The van der Waals surface area contributed by atoms with E-state index in [9.17, 15) is 4.79 Å². The van der Waals surface area contributed by atoms with E-state index in [2.05, 4.69) is 61.7 Å². The molecule has 0 atom stereocenters. The number of carbonyl (C=O) groups excluding carboxylic acids is 1. The van der Waals surface area contributed by atoms with Crippen LogP contribution in [0.4, 0.5) is 5.69 Å². The molecule has 1 aromatic heterocycles. The van der Waals surface area contributed by atoms with E-state index in [4.69, 9.17) is 4.74 Å². The van der Waals surface area contributed by atoms with Crippen molar-refractivity contribution < 1.29 is 9.53 Å². The summed E-state index contributed by atoms with van der Waals surface area (Å²) in [5.74, 6) is 0.502. The SMILES string of the molecule is COc1ccc(NC(=O)c2nnc(CN3CCN(C/C=C/c4ccccc4)CC3)s2)cc1. The Labute approximate surface area is 192 Å². The maximum absolute atomic E-state index is 12.5. The molecule has 1 N–H and O–H groups in total. The number of hydrogen-bond donors (Lipinski definition) is 1. The van der Waals surface area contributed by atoms with Gasteiger partial charge in [0, 0.05) is 38.4 Å². The third-order valence-electron chi connectivity index (χ3n) is 5.31. The summed E-state index contributed by atoms with van der Waals surface area (Å²) >= 11 is 1.35. The molecule has 0 saturated carbocycles. The lowest BCUT2D eigenvalue weighted by atomic mass is 10.2. The van der Waals surface area contributed by atoms with E-state index < -0.39 is 0 Å². The molecule has 1 aliphatic rings. The first-order valence-electron chi connectivity index (χ1n) is 10.6. The van der Waals surface area contributed by atoms with Gasteiger partial charge in [-0.05, 0) is 29.8 Å². The van der Waals surface area contributed by atoms with E-state index in [0.717, 1.165) is 50.0 Å². The van der Waals surface area contributed by atoms with Crippen LogP contribution in [0.25, 0.3) is 6.08 Å². The second kappa shape index (κ2) is 11.0. The third-order valence-corrected chi connectivity index (χ3v) is 6.21. The first-order valence-corrected chi connectivity index (χ1v) is 11.5. The number of nitrogens with one attached hydrogen (secondary N) is 1. The summed E-state index contributed by atoms with van der Waals surface area (Å²) < 4.78 is 5.13. The zero-order valence-electron chi connectivity index (χ0n) is 18.1. The first-order chi connectivity index (χ1) is 15.7. The second-order valence-corrected chi connectivity index (χ2v) is 8.64. The minimum absolute atomic E-state index is 0.242. The Balaban J connectivity index is 1.21. The van der Waals surface area contributed by atoms with Crippen molar-refractivity contribution >= 4 is 29.0 Å². The fourth-order valence-electron chi connectivity index (χ4n) is 3.49. The van der Waals surface area contributed by atoms with Crippen molar-refractivity contribution in [2.24, 2.45) is 0 Å². The van der Waals surface area contributed by atoms with Gasteiger partial charge in [0.05, 0.1) is 13.7 Å². The minimum Gasteiger partial charge on any atom is -0.497 e. The zero-order chi connectivity index (χ0) is 22.2. The Morgan fingerprint density at radius 1 is 1.03 bits per heavy atom. The lowest BCUT2D eigenvalue weighted by Gasteiger charge is -2.33. The van der Waals surface area contributed by atoms with Crippen LogP contribution in [0.5, 0.6) is 5.75 Å². The number of anilines is 1. The van der Waals surface area contributed by atoms with E-state index in [1.54, 1.807) is 31.4 Å². The van der Waals surface area contributed by atoms with E-state index >= 15 is 0 Å². The molecule has 1 aliphatic heterocycles. The highest BCUT2D eigenvalue weighted by molar-refractivity contribution is 7.13. The summed E-state index contributed by atoms with van der Waals surface area (Å²) in [7, 11) is 1.61. The van der Waals surface area contributed by atoms with Crippen molar-refractivity contribution in [2.45, 2.75) is 6.54 Å². The van der Waals surface area contributed by atoms with Crippen LogP contribution in [-0.2, 0) is 6.54 Å². The normalized spacial score (nSPS) is 15.2. The quantitative estimate of drug-likeness (QED) is 0.566. The van der Waals surface area contributed by atoms with Crippen LogP contribution in [-0.4, -0.2) is 65.7 Å². The van der Waals surface area contributed by atoms with E-state index in [0.29, 0.717) is 10.7 Å². The summed E-state index contributed by atoms with van der Waals surface area (Å²) in [5.41, 5.74) is 1.93. The second-order valence-electron chi connectivity index (χ2n) is 7.57. The molecule has 32 heavy (non-hydrogen) atoms. The van der Waals surface area contributed by atoms with Gasteiger partial charge in [0.1, 0.15) is 10.8 Å². The first kappa shape index (κ1) is 22.1. The molecule has 166 valence electrons. The molecule has 4 rings (SSSR count). The van der Waals surface area contributed by atoms with Gasteiger partial charge in [0.2, 0.25) is 5.01 Å². The minimum atomic E-state index is -0.242. The molecule has 0 aliphatic carbocycles. The van der Waals surface area contributed by atoms with Crippen molar-refractivity contribution in [3.8, 4) is 5.75 Å². The van der Waals surface area contributed by atoms with Gasteiger partial charge < -0.3 is 10.1 Å². The molecule has 2 heterocycles. The highest BCUT2D eigenvalue weighted by Gasteiger charge is 2.19. The molecule has 0 unspecified atom stereocenters. The molecule has 3 aromatic rings. The predicted octanol–water partition coefficient (Wildman–Crippen LogP) is 3.63. The number of carbonyl (C=O) groups is 1. The van der Waals surface area contributed by atoms with E-state index in [1.807, 2.05) is 6.07 Å².